The van der Waals surface area contributed by atoms with E-state index in [1.165, 1.54) is 18.4 Å². The van der Waals surface area contributed by atoms with E-state index in [1.807, 2.05) is 49.4 Å². The van der Waals surface area contributed by atoms with E-state index in [2.05, 4.69) is 41.7 Å². The highest BCUT2D eigenvalue weighted by Gasteiger charge is 2.34. The maximum absolute atomic E-state index is 14.0. The van der Waals surface area contributed by atoms with Gasteiger partial charge in [-0.15, -0.1) is 0 Å². The predicted molar refractivity (Wildman–Crippen MR) is 150 cm³/mol. The molecular weight excluding hydrogens is 498 g/mol. The summed E-state index contributed by atoms with van der Waals surface area (Å²) in [5.41, 5.74) is 3.45. The van der Waals surface area contributed by atoms with Gasteiger partial charge in [-0.3, -0.25) is 9.36 Å². The SMILES string of the molecule is CCCOc1ccccc1[C@H]1C(C(=O)OC)=C(C)N=c2s/c(=C/c3cn(C(C)C)c4ccccc34)c(=O)n21. The Kier molecular flexibility index (Phi) is 7.08. The van der Waals surface area contributed by atoms with Crippen molar-refractivity contribution in [2.75, 3.05) is 13.7 Å². The molecule has 2 aromatic heterocycles. The average Bonchev–Trinajstić information content (AvgIpc) is 3.44. The summed E-state index contributed by atoms with van der Waals surface area (Å²) in [4.78, 5) is 32.3. The number of esters is 1. The summed E-state index contributed by atoms with van der Waals surface area (Å²) in [6.45, 7) is 8.61. The zero-order chi connectivity index (χ0) is 27.0. The molecule has 5 rings (SSSR count). The summed E-state index contributed by atoms with van der Waals surface area (Å²) in [7, 11) is 1.34. The number of carbonyl (C=O) groups excluding carboxylic acids is 1. The molecule has 0 bridgehead atoms. The molecule has 196 valence electrons. The molecule has 4 aromatic rings. The number of para-hydroxylation sites is 2. The number of benzene rings is 2. The molecule has 0 N–H and O–H groups in total. The van der Waals surface area contributed by atoms with E-state index >= 15 is 0 Å². The molecule has 8 heteroatoms. The first-order valence-corrected chi connectivity index (χ1v) is 13.6. The molecule has 0 radical (unpaired) electrons. The number of thiazole rings is 1. The quantitative estimate of drug-likeness (QED) is 0.325. The fourth-order valence-electron chi connectivity index (χ4n) is 4.95. The van der Waals surface area contributed by atoms with Gasteiger partial charge in [-0.2, -0.15) is 0 Å². The van der Waals surface area contributed by atoms with Crippen LogP contribution in [0, 0.1) is 0 Å². The smallest absolute Gasteiger partial charge is 0.338 e. The second kappa shape index (κ2) is 10.5. The Morgan fingerprint density at radius 3 is 2.63 bits per heavy atom. The van der Waals surface area contributed by atoms with Crippen LogP contribution in [-0.4, -0.2) is 28.8 Å². The number of hydrogen-bond donors (Lipinski definition) is 0. The van der Waals surface area contributed by atoms with Crippen molar-refractivity contribution < 1.29 is 14.3 Å². The van der Waals surface area contributed by atoms with Crippen molar-refractivity contribution in [1.82, 2.24) is 9.13 Å². The van der Waals surface area contributed by atoms with Gasteiger partial charge in [0.1, 0.15) is 11.8 Å². The van der Waals surface area contributed by atoms with Gasteiger partial charge in [0.2, 0.25) is 0 Å². The molecule has 0 unspecified atom stereocenters. The highest BCUT2D eigenvalue weighted by atomic mass is 32.1. The molecule has 0 saturated carbocycles. The first-order chi connectivity index (χ1) is 18.3. The fourth-order valence-corrected chi connectivity index (χ4v) is 5.99. The van der Waals surface area contributed by atoms with E-state index in [0.717, 1.165) is 28.5 Å². The van der Waals surface area contributed by atoms with Gasteiger partial charge in [0.05, 0.1) is 29.5 Å². The number of carbonyl (C=O) groups is 1. The summed E-state index contributed by atoms with van der Waals surface area (Å²) in [6.07, 6.45) is 4.85. The monoisotopic (exact) mass is 529 g/mol. The van der Waals surface area contributed by atoms with E-state index in [4.69, 9.17) is 9.47 Å². The third-order valence-electron chi connectivity index (χ3n) is 6.72. The van der Waals surface area contributed by atoms with Crippen molar-refractivity contribution >= 4 is 34.3 Å². The average molecular weight is 530 g/mol. The fraction of sp³-hybridized carbons (Fsp3) is 0.300. The van der Waals surface area contributed by atoms with Gasteiger partial charge in [0.25, 0.3) is 5.56 Å². The summed E-state index contributed by atoms with van der Waals surface area (Å²) in [5, 5.41) is 1.08. The first-order valence-electron chi connectivity index (χ1n) is 12.8. The molecule has 0 aliphatic carbocycles. The zero-order valence-corrected chi connectivity index (χ0v) is 23.0. The van der Waals surface area contributed by atoms with Gasteiger partial charge in [0.15, 0.2) is 4.80 Å². The summed E-state index contributed by atoms with van der Waals surface area (Å²) < 4.78 is 15.5. The van der Waals surface area contributed by atoms with E-state index in [1.54, 1.807) is 11.5 Å². The molecule has 1 aliphatic heterocycles. The van der Waals surface area contributed by atoms with Gasteiger partial charge in [-0.05, 0) is 45.4 Å². The van der Waals surface area contributed by atoms with Crippen LogP contribution in [0.1, 0.15) is 57.3 Å². The minimum Gasteiger partial charge on any atom is -0.493 e. The molecule has 38 heavy (non-hydrogen) atoms. The lowest BCUT2D eigenvalue weighted by Gasteiger charge is -2.26. The normalized spacial score (nSPS) is 15.6. The zero-order valence-electron chi connectivity index (χ0n) is 22.2. The number of fused-ring (bicyclic) bond motifs is 2. The van der Waals surface area contributed by atoms with Crippen LogP contribution in [0.5, 0.6) is 5.75 Å². The van der Waals surface area contributed by atoms with Crippen molar-refractivity contribution in [3.05, 3.63) is 96.8 Å². The third kappa shape index (κ3) is 4.39. The van der Waals surface area contributed by atoms with Crippen molar-refractivity contribution in [2.45, 2.75) is 46.2 Å². The van der Waals surface area contributed by atoms with Gasteiger partial charge in [-0.1, -0.05) is 54.7 Å². The first kappa shape index (κ1) is 25.7. The number of methoxy groups -OCH3 is 1. The molecule has 0 amide bonds. The van der Waals surface area contributed by atoms with Crippen LogP contribution in [0.3, 0.4) is 0 Å². The summed E-state index contributed by atoms with van der Waals surface area (Å²) >= 11 is 1.32. The Morgan fingerprint density at radius 1 is 1.16 bits per heavy atom. The number of hydrogen-bond acceptors (Lipinski definition) is 6. The van der Waals surface area contributed by atoms with Crippen LogP contribution in [0.2, 0.25) is 0 Å². The second-order valence-corrected chi connectivity index (χ2v) is 10.6. The number of nitrogens with zero attached hydrogens (tertiary/aromatic N) is 3. The minimum atomic E-state index is -0.717. The molecule has 1 aliphatic rings. The highest BCUT2D eigenvalue weighted by Crippen LogP contribution is 2.36. The van der Waals surface area contributed by atoms with Gasteiger partial charge in [0, 0.05) is 34.3 Å². The molecule has 0 spiro atoms. The molecule has 0 fully saturated rings. The maximum atomic E-state index is 14.0. The van der Waals surface area contributed by atoms with Crippen molar-refractivity contribution in [3.8, 4) is 5.75 Å². The molecule has 2 aromatic carbocycles. The van der Waals surface area contributed by atoms with Crippen LogP contribution in [0.25, 0.3) is 17.0 Å². The van der Waals surface area contributed by atoms with Crippen molar-refractivity contribution in [3.63, 3.8) is 0 Å². The molecule has 3 heterocycles. The molecule has 1 atom stereocenters. The van der Waals surface area contributed by atoms with Gasteiger partial charge < -0.3 is 14.0 Å². The van der Waals surface area contributed by atoms with Crippen LogP contribution in [-0.2, 0) is 9.53 Å². The predicted octanol–water partition coefficient (Wildman–Crippen LogP) is 4.73. The van der Waals surface area contributed by atoms with Crippen molar-refractivity contribution in [1.29, 1.82) is 0 Å². The topological polar surface area (TPSA) is 74.8 Å². The Bertz CT molecular complexity index is 1740. The second-order valence-electron chi connectivity index (χ2n) is 9.56. The summed E-state index contributed by atoms with van der Waals surface area (Å²) in [6, 6.07) is 15.3. The van der Waals surface area contributed by atoms with E-state index in [9.17, 15) is 9.59 Å². The standard InChI is InChI=1S/C30H31N3O4S/c1-6-15-37-24-14-10-8-12-22(24)27-26(29(35)36-5)19(4)31-30-33(27)28(34)25(38-30)16-20-17-32(18(2)3)23-13-9-7-11-21(20)23/h7-14,16-18,27H,6,15H2,1-5H3/b25-16+/t27-/m0/s1. The van der Waals surface area contributed by atoms with E-state index < -0.39 is 12.0 Å². The van der Waals surface area contributed by atoms with Crippen LogP contribution >= 0.6 is 11.3 Å². The molecular formula is C30H31N3O4S. The minimum absolute atomic E-state index is 0.209. The number of rotatable bonds is 7. The summed E-state index contributed by atoms with van der Waals surface area (Å²) in [5.74, 6) is 0.112. The third-order valence-corrected chi connectivity index (χ3v) is 7.70. The van der Waals surface area contributed by atoms with Crippen LogP contribution in [0.4, 0.5) is 0 Å². The Balaban J connectivity index is 1.76. The Morgan fingerprint density at radius 2 is 1.89 bits per heavy atom. The maximum Gasteiger partial charge on any atom is 0.338 e. The molecule has 7 nitrogen and oxygen atoms in total. The van der Waals surface area contributed by atoms with Crippen molar-refractivity contribution in [2.24, 2.45) is 4.99 Å². The van der Waals surface area contributed by atoms with Gasteiger partial charge >= 0.3 is 5.97 Å². The lowest BCUT2D eigenvalue weighted by Crippen LogP contribution is -2.40. The van der Waals surface area contributed by atoms with Crippen LogP contribution < -0.4 is 19.6 Å². The number of allylic oxidation sites excluding steroid dienone is 1. The lowest BCUT2D eigenvalue weighted by molar-refractivity contribution is -0.136. The van der Waals surface area contributed by atoms with Crippen LogP contribution in [0.15, 0.2) is 75.8 Å². The largest absolute Gasteiger partial charge is 0.493 e. The Labute approximate surface area is 225 Å². The lowest BCUT2D eigenvalue weighted by atomic mass is 9.95. The van der Waals surface area contributed by atoms with Gasteiger partial charge in [-0.25, -0.2) is 9.79 Å². The molecule has 0 saturated heterocycles. The van der Waals surface area contributed by atoms with E-state index in [-0.39, 0.29) is 11.6 Å². The number of ether oxygens (including phenoxy) is 2. The highest BCUT2D eigenvalue weighted by molar-refractivity contribution is 7.07. The Hall–Kier alpha value is -3.91. The number of aromatic nitrogens is 2. The van der Waals surface area contributed by atoms with E-state index in [0.29, 0.717) is 33.0 Å².